The van der Waals surface area contributed by atoms with E-state index in [0.29, 0.717) is 10.0 Å². The highest BCUT2D eigenvalue weighted by molar-refractivity contribution is 7.23. The Morgan fingerprint density at radius 3 is 2.86 bits per heavy atom. The fourth-order valence-electron chi connectivity index (χ4n) is 1.54. The Hall–Kier alpha value is -1.88. The van der Waals surface area contributed by atoms with Gasteiger partial charge in [0.2, 0.25) is 5.91 Å². The molecule has 2 aromatic rings. The molecule has 0 unspecified atom stereocenters. The maximum Gasteiger partial charge on any atom is 0.270 e. The summed E-state index contributed by atoms with van der Waals surface area (Å²) < 4.78 is 0.675. The molecule has 0 radical (unpaired) electrons. The van der Waals surface area contributed by atoms with E-state index in [4.69, 9.17) is 18.0 Å². The van der Waals surface area contributed by atoms with Crippen LogP contribution >= 0.6 is 34.3 Å². The number of nitrogens with one attached hydrogen (secondary N) is 2. The maximum absolute atomic E-state index is 11.9. The summed E-state index contributed by atoms with van der Waals surface area (Å²) >= 11 is 8.66. The minimum absolute atomic E-state index is 0.172. The zero-order valence-corrected chi connectivity index (χ0v) is 13.8. The van der Waals surface area contributed by atoms with Gasteiger partial charge in [-0.3, -0.25) is 9.59 Å². The summed E-state index contributed by atoms with van der Waals surface area (Å²) in [6, 6.07) is 3.65. The number of carbonyl (C=O) groups excluding carboxylic acids is 2. The van der Waals surface area contributed by atoms with Crippen molar-refractivity contribution in [1.82, 2.24) is 15.6 Å². The molecule has 22 heavy (non-hydrogen) atoms. The second kappa shape index (κ2) is 7.94. The first-order valence-electron chi connectivity index (χ1n) is 6.29. The number of amides is 2. The molecule has 0 spiro atoms. The van der Waals surface area contributed by atoms with Crippen molar-refractivity contribution in [3.05, 3.63) is 27.5 Å². The molecule has 0 saturated heterocycles. The van der Waals surface area contributed by atoms with Gasteiger partial charge >= 0.3 is 0 Å². The Morgan fingerprint density at radius 2 is 2.18 bits per heavy atom. The van der Waals surface area contributed by atoms with Crippen LogP contribution in [0.4, 0.5) is 0 Å². The number of aromatic nitrogens is 1. The lowest BCUT2D eigenvalue weighted by atomic mass is 10.3. The van der Waals surface area contributed by atoms with Gasteiger partial charge in [0.15, 0.2) is 0 Å². The van der Waals surface area contributed by atoms with Crippen molar-refractivity contribution in [1.29, 1.82) is 0 Å². The molecule has 0 aliphatic rings. The molecule has 0 aliphatic heterocycles. The molecule has 2 N–H and O–H groups in total. The van der Waals surface area contributed by atoms with Gasteiger partial charge in [0.25, 0.3) is 5.91 Å². The van der Waals surface area contributed by atoms with Gasteiger partial charge in [-0.15, -0.1) is 29.1 Å². The first-order valence-corrected chi connectivity index (χ1v) is 8.37. The van der Waals surface area contributed by atoms with E-state index in [1.807, 2.05) is 6.07 Å². The first kappa shape index (κ1) is 16.5. The SMILES string of the molecule is C#CCNC(=O)CCNC(=O)c1csc(-c2ccc(Cl)s2)n1. The smallest absolute Gasteiger partial charge is 0.270 e. The molecular formula is C14H12ClN3O2S2. The zero-order chi connectivity index (χ0) is 15.9. The summed E-state index contributed by atoms with van der Waals surface area (Å²) in [6.07, 6.45) is 5.20. The van der Waals surface area contributed by atoms with Crippen LogP contribution in [0.15, 0.2) is 17.5 Å². The minimum atomic E-state index is -0.310. The van der Waals surface area contributed by atoms with Crippen molar-refractivity contribution in [2.24, 2.45) is 0 Å². The lowest BCUT2D eigenvalue weighted by Crippen LogP contribution is -2.31. The van der Waals surface area contributed by atoms with E-state index >= 15 is 0 Å². The highest BCUT2D eigenvalue weighted by atomic mass is 35.5. The van der Waals surface area contributed by atoms with Crippen molar-refractivity contribution in [2.45, 2.75) is 6.42 Å². The van der Waals surface area contributed by atoms with Crippen LogP contribution < -0.4 is 10.6 Å². The maximum atomic E-state index is 11.9. The van der Waals surface area contributed by atoms with E-state index in [1.54, 1.807) is 11.4 Å². The van der Waals surface area contributed by atoms with E-state index in [2.05, 4.69) is 21.5 Å². The van der Waals surface area contributed by atoms with Gasteiger partial charge in [-0.05, 0) is 12.1 Å². The van der Waals surface area contributed by atoms with Gasteiger partial charge in [-0.25, -0.2) is 4.98 Å². The number of carbonyl (C=O) groups is 2. The molecule has 0 aromatic carbocycles. The Morgan fingerprint density at radius 1 is 1.36 bits per heavy atom. The van der Waals surface area contributed by atoms with Crippen LogP contribution in [0.25, 0.3) is 9.88 Å². The number of thiophene rings is 1. The summed E-state index contributed by atoms with van der Waals surface area (Å²) in [5.74, 6) is 1.79. The molecule has 114 valence electrons. The summed E-state index contributed by atoms with van der Waals surface area (Å²) in [7, 11) is 0. The molecule has 2 amide bonds. The number of hydrogen-bond donors (Lipinski definition) is 2. The number of terminal acetylenes is 1. The molecule has 0 saturated carbocycles. The number of rotatable bonds is 6. The molecule has 2 rings (SSSR count). The van der Waals surface area contributed by atoms with Crippen molar-refractivity contribution in [3.63, 3.8) is 0 Å². The second-order valence-corrected chi connectivity index (χ2v) is 6.70. The average molecular weight is 354 g/mol. The Bertz CT molecular complexity index is 718. The van der Waals surface area contributed by atoms with Gasteiger partial charge in [0.1, 0.15) is 10.7 Å². The highest BCUT2D eigenvalue weighted by Crippen LogP contribution is 2.32. The zero-order valence-electron chi connectivity index (χ0n) is 11.4. The van der Waals surface area contributed by atoms with E-state index < -0.39 is 0 Å². The third-order valence-corrected chi connectivity index (χ3v) is 4.79. The summed E-state index contributed by atoms with van der Waals surface area (Å²) in [4.78, 5) is 28.5. The molecule has 8 heteroatoms. The van der Waals surface area contributed by atoms with Crippen LogP contribution in [-0.2, 0) is 4.79 Å². The molecule has 2 aromatic heterocycles. The highest BCUT2D eigenvalue weighted by Gasteiger charge is 2.13. The Labute approximate surface area is 140 Å². The van der Waals surface area contributed by atoms with Crippen LogP contribution in [0.5, 0.6) is 0 Å². The lowest BCUT2D eigenvalue weighted by Gasteiger charge is -2.03. The van der Waals surface area contributed by atoms with Crippen LogP contribution in [0.3, 0.4) is 0 Å². The Kier molecular flexibility index (Phi) is 5.95. The summed E-state index contributed by atoms with van der Waals surface area (Å²) in [5.41, 5.74) is 0.327. The van der Waals surface area contributed by atoms with Gasteiger partial charge in [0.05, 0.1) is 15.8 Å². The Balaban J connectivity index is 1.85. The summed E-state index contributed by atoms with van der Waals surface area (Å²) in [5, 5.41) is 7.59. The van der Waals surface area contributed by atoms with Crippen molar-refractivity contribution < 1.29 is 9.59 Å². The topological polar surface area (TPSA) is 71.1 Å². The lowest BCUT2D eigenvalue weighted by molar-refractivity contribution is -0.120. The van der Waals surface area contributed by atoms with Crippen molar-refractivity contribution in [3.8, 4) is 22.2 Å². The van der Waals surface area contributed by atoms with Crippen molar-refractivity contribution >= 4 is 46.1 Å². The molecule has 0 aliphatic carbocycles. The van der Waals surface area contributed by atoms with Crippen LogP contribution in [0.1, 0.15) is 16.9 Å². The van der Waals surface area contributed by atoms with Crippen LogP contribution in [-0.4, -0.2) is 29.9 Å². The number of hydrogen-bond acceptors (Lipinski definition) is 5. The normalized spacial score (nSPS) is 10.0. The fraction of sp³-hybridized carbons (Fsp3) is 0.214. The fourth-order valence-corrected chi connectivity index (χ4v) is 3.45. The third-order valence-electron chi connectivity index (χ3n) is 2.55. The number of nitrogens with zero attached hydrogens (tertiary/aromatic N) is 1. The molecule has 0 atom stereocenters. The molecule has 2 heterocycles. The number of halogens is 1. The quantitative estimate of drug-likeness (QED) is 0.783. The third kappa shape index (κ3) is 4.56. The minimum Gasteiger partial charge on any atom is -0.350 e. The van der Waals surface area contributed by atoms with Gasteiger partial charge in [0, 0.05) is 18.3 Å². The predicted octanol–water partition coefficient (Wildman–Crippen LogP) is 2.39. The predicted molar refractivity (Wildman–Crippen MR) is 89.2 cm³/mol. The monoisotopic (exact) mass is 353 g/mol. The van der Waals surface area contributed by atoms with E-state index in [1.165, 1.54) is 22.7 Å². The second-order valence-electron chi connectivity index (χ2n) is 4.13. The summed E-state index contributed by atoms with van der Waals surface area (Å²) in [6.45, 7) is 0.415. The van der Waals surface area contributed by atoms with Gasteiger partial charge < -0.3 is 10.6 Å². The van der Waals surface area contributed by atoms with E-state index in [9.17, 15) is 9.59 Å². The van der Waals surface area contributed by atoms with Crippen molar-refractivity contribution in [2.75, 3.05) is 13.1 Å². The van der Waals surface area contributed by atoms with E-state index in [-0.39, 0.29) is 31.3 Å². The first-order chi connectivity index (χ1) is 10.6. The standard InChI is InChI=1S/C14H12ClN3O2S2/c1-2-6-16-12(19)5-7-17-13(20)9-8-21-14(18-9)10-3-4-11(15)22-10/h1,3-4,8H,5-7H2,(H,16,19)(H,17,20). The largest absolute Gasteiger partial charge is 0.350 e. The van der Waals surface area contributed by atoms with Gasteiger partial charge in [-0.2, -0.15) is 0 Å². The van der Waals surface area contributed by atoms with Crippen LogP contribution in [0, 0.1) is 12.3 Å². The number of thiazole rings is 1. The molecule has 0 bridgehead atoms. The molecule has 5 nitrogen and oxygen atoms in total. The van der Waals surface area contributed by atoms with Crippen LogP contribution in [0.2, 0.25) is 4.34 Å². The average Bonchev–Trinajstić information content (AvgIpc) is 3.13. The van der Waals surface area contributed by atoms with E-state index in [0.717, 1.165) is 9.88 Å². The van der Waals surface area contributed by atoms with Gasteiger partial charge in [-0.1, -0.05) is 17.5 Å². The molecule has 0 fully saturated rings. The molecular weight excluding hydrogens is 342 g/mol.